The van der Waals surface area contributed by atoms with E-state index in [0.717, 1.165) is 27.7 Å². The van der Waals surface area contributed by atoms with Crippen molar-refractivity contribution in [3.8, 4) is 11.4 Å². The lowest BCUT2D eigenvalue weighted by molar-refractivity contribution is -0.121. The number of para-hydroxylation sites is 3. The van der Waals surface area contributed by atoms with E-state index >= 15 is 0 Å². The zero-order valence-corrected chi connectivity index (χ0v) is 17.4. The maximum atomic E-state index is 13.7. The molecule has 2 aromatic heterocycles. The highest BCUT2D eigenvalue weighted by molar-refractivity contribution is 6.02. The Morgan fingerprint density at radius 3 is 2.50 bits per heavy atom. The second-order valence-corrected chi connectivity index (χ2v) is 8.12. The van der Waals surface area contributed by atoms with Crippen molar-refractivity contribution in [2.75, 3.05) is 11.9 Å². The number of nitrogens with one attached hydrogen (secondary N) is 1. The zero-order chi connectivity index (χ0) is 21.8. The third kappa shape index (κ3) is 2.62. The van der Waals surface area contributed by atoms with Crippen LogP contribution in [0.2, 0.25) is 0 Å². The molecule has 6 heteroatoms. The maximum Gasteiger partial charge on any atom is 0.262 e. The number of hydrogen-bond acceptors (Lipinski definition) is 3. The fourth-order valence-electron chi connectivity index (χ4n) is 4.72. The Morgan fingerprint density at radius 1 is 0.906 bits per heavy atom. The second-order valence-electron chi connectivity index (χ2n) is 8.12. The topological polar surface area (TPSA) is 71.0 Å². The van der Waals surface area contributed by atoms with Crippen LogP contribution >= 0.6 is 0 Å². The predicted octanol–water partition coefficient (Wildman–Crippen LogP) is 4.31. The number of aromatic amines is 1. The van der Waals surface area contributed by atoms with Gasteiger partial charge in [-0.25, -0.2) is 4.98 Å². The molecule has 0 fully saturated rings. The first-order valence-electron chi connectivity index (χ1n) is 10.6. The molecule has 1 aliphatic rings. The Hall–Kier alpha value is -4.19. The summed E-state index contributed by atoms with van der Waals surface area (Å²) in [6, 6.07) is 22.2. The molecule has 0 bridgehead atoms. The van der Waals surface area contributed by atoms with E-state index in [1.165, 1.54) is 0 Å². The van der Waals surface area contributed by atoms with Gasteiger partial charge in [-0.1, -0.05) is 42.5 Å². The van der Waals surface area contributed by atoms with Gasteiger partial charge in [-0.05, 0) is 35.9 Å². The smallest absolute Gasteiger partial charge is 0.262 e. The Morgan fingerprint density at radius 2 is 1.62 bits per heavy atom. The molecular formula is C26H20N4O2. The standard InChI is InChI=1S/C26H20N4O2/c1-29-22-13-7-4-10-19(22)24-28-21-12-6-3-9-18(21)25(31)30(24)23(26(29)32)14-16-15-27-20-11-5-2-8-17(16)20/h2-13,15,23,27H,14H2,1H3/t23-/m1/s1. The second kappa shape index (κ2) is 6.92. The Balaban J connectivity index is 1.65. The molecule has 3 aromatic carbocycles. The van der Waals surface area contributed by atoms with Crippen molar-refractivity contribution in [1.82, 2.24) is 14.5 Å². The van der Waals surface area contributed by atoms with Crippen LogP contribution in [-0.4, -0.2) is 27.5 Å². The molecule has 1 amide bonds. The van der Waals surface area contributed by atoms with Gasteiger partial charge >= 0.3 is 0 Å². The van der Waals surface area contributed by atoms with Gasteiger partial charge in [0.05, 0.1) is 16.6 Å². The average molecular weight is 420 g/mol. The van der Waals surface area contributed by atoms with Gasteiger partial charge in [-0.2, -0.15) is 0 Å². The molecule has 156 valence electrons. The Labute approximate surface area is 183 Å². The number of aromatic nitrogens is 3. The highest BCUT2D eigenvalue weighted by Gasteiger charge is 2.34. The van der Waals surface area contributed by atoms with Gasteiger partial charge < -0.3 is 9.88 Å². The monoisotopic (exact) mass is 420 g/mol. The van der Waals surface area contributed by atoms with Crippen LogP contribution in [0.3, 0.4) is 0 Å². The number of hydrogen-bond donors (Lipinski definition) is 1. The number of H-pyrrole nitrogens is 1. The van der Waals surface area contributed by atoms with Crippen LogP contribution in [0.25, 0.3) is 33.2 Å². The van der Waals surface area contributed by atoms with Crippen molar-refractivity contribution in [2.24, 2.45) is 0 Å². The highest BCUT2D eigenvalue weighted by atomic mass is 16.2. The van der Waals surface area contributed by atoms with Crippen molar-refractivity contribution in [1.29, 1.82) is 0 Å². The summed E-state index contributed by atoms with van der Waals surface area (Å²) in [7, 11) is 1.76. The van der Waals surface area contributed by atoms with Gasteiger partial charge in [-0.3, -0.25) is 14.2 Å². The molecule has 32 heavy (non-hydrogen) atoms. The van der Waals surface area contributed by atoms with Crippen LogP contribution in [0.5, 0.6) is 0 Å². The summed E-state index contributed by atoms with van der Waals surface area (Å²) in [5.41, 5.74) is 3.94. The number of rotatable bonds is 2. The number of likely N-dealkylation sites (N-methyl/N-ethyl adjacent to an activating group) is 1. The molecule has 3 heterocycles. The summed E-state index contributed by atoms with van der Waals surface area (Å²) in [6.45, 7) is 0. The van der Waals surface area contributed by atoms with Gasteiger partial charge in [-0.15, -0.1) is 0 Å². The Kier molecular flexibility index (Phi) is 4.01. The molecule has 0 saturated carbocycles. The van der Waals surface area contributed by atoms with E-state index in [-0.39, 0.29) is 11.5 Å². The lowest BCUT2D eigenvalue weighted by Gasteiger charge is -2.23. The molecule has 6 nitrogen and oxygen atoms in total. The molecule has 0 saturated heterocycles. The molecular weight excluding hydrogens is 400 g/mol. The van der Waals surface area contributed by atoms with Crippen molar-refractivity contribution in [3.63, 3.8) is 0 Å². The first-order valence-corrected chi connectivity index (χ1v) is 10.6. The summed E-state index contributed by atoms with van der Waals surface area (Å²) in [6.07, 6.45) is 2.31. The van der Waals surface area contributed by atoms with Crippen molar-refractivity contribution < 1.29 is 4.79 Å². The predicted molar refractivity (Wildman–Crippen MR) is 126 cm³/mol. The van der Waals surface area contributed by atoms with Crippen LogP contribution in [0.4, 0.5) is 5.69 Å². The third-order valence-electron chi connectivity index (χ3n) is 6.33. The van der Waals surface area contributed by atoms with Crippen molar-refractivity contribution in [2.45, 2.75) is 12.5 Å². The number of amides is 1. The largest absolute Gasteiger partial charge is 0.361 e. The van der Waals surface area contributed by atoms with Gasteiger partial charge in [0.15, 0.2) is 0 Å². The van der Waals surface area contributed by atoms with E-state index in [4.69, 9.17) is 4.98 Å². The maximum absolute atomic E-state index is 13.7. The molecule has 1 aliphatic heterocycles. The molecule has 1 N–H and O–H groups in total. The van der Waals surface area contributed by atoms with Gasteiger partial charge in [0, 0.05) is 36.1 Å². The molecule has 0 radical (unpaired) electrons. The van der Waals surface area contributed by atoms with Crippen LogP contribution in [0.1, 0.15) is 11.6 Å². The summed E-state index contributed by atoms with van der Waals surface area (Å²) in [4.78, 5) is 37.3. The highest BCUT2D eigenvalue weighted by Crippen LogP contribution is 2.36. The van der Waals surface area contributed by atoms with Crippen LogP contribution in [0, 0.1) is 0 Å². The van der Waals surface area contributed by atoms with E-state index in [9.17, 15) is 9.59 Å². The minimum Gasteiger partial charge on any atom is -0.361 e. The van der Waals surface area contributed by atoms with Gasteiger partial charge in [0.25, 0.3) is 5.56 Å². The molecule has 0 aliphatic carbocycles. The SMILES string of the molecule is CN1C(=O)[C@@H](Cc2c[nH]c3ccccc23)n2c(nc3ccccc3c2=O)-c2ccccc21. The number of benzene rings is 3. The summed E-state index contributed by atoms with van der Waals surface area (Å²) >= 11 is 0. The third-order valence-corrected chi connectivity index (χ3v) is 6.33. The zero-order valence-electron chi connectivity index (χ0n) is 17.4. The fraction of sp³-hybridized carbons (Fsp3) is 0.115. The lowest BCUT2D eigenvalue weighted by atomic mass is 10.0. The van der Waals surface area contributed by atoms with Crippen molar-refractivity contribution in [3.05, 3.63) is 94.9 Å². The minimum absolute atomic E-state index is 0.138. The average Bonchev–Trinajstić information content (AvgIpc) is 3.21. The normalized spacial score (nSPS) is 15.6. The summed E-state index contributed by atoms with van der Waals surface area (Å²) in [5, 5.41) is 1.56. The molecule has 0 unspecified atom stereocenters. The van der Waals surface area contributed by atoms with Crippen LogP contribution < -0.4 is 10.5 Å². The fourth-order valence-corrected chi connectivity index (χ4v) is 4.72. The number of carbonyl (C=O) groups is 1. The van der Waals surface area contributed by atoms with Gasteiger partial charge in [0.2, 0.25) is 5.91 Å². The number of anilines is 1. The van der Waals surface area contributed by atoms with Crippen molar-refractivity contribution >= 4 is 33.4 Å². The summed E-state index contributed by atoms with van der Waals surface area (Å²) in [5.74, 6) is 0.382. The molecule has 5 aromatic rings. The number of carbonyl (C=O) groups excluding carboxylic acids is 1. The van der Waals surface area contributed by atoms with E-state index in [0.29, 0.717) is 23.1 Å². The minimum atomic E-state index is -0.716. The van der Waals surface area contributed by atoms with Gasteiger partial charge in [0.1, 0.15) is 11.9 Å². The van der Waals surface area contributed by atoms with E-state index in [2.05, 4.69) is 4.98 Å². The lowest BCUT2D eigenvalue weighted by Crippen LogP contribution is -2.38. The van der Waals surface area contributed by atoms with Crippen LogP contribution in [-0.2, 0) is 11.2 Å². The van der Waals surface area contributed by atoms with E-state index < -0.39 is 6.04 Å². The first-order chi connectivity index (χ1) is 15.6. The molecule has 6 rings (SSSR count). The molecule has 0 spiro atoms. The van der Waals surface area contributed by atoms with E-state index in [1.807, 2.05) is 72.9 Å². The first kappa shape index (κ1) is 18.6. The Bertz CT molecular complexity index is 1580. The quantitative estimate of drug-likeness (QED) is 0.463. The van der Waals surface area contributed by atoms with Crippen LogP contribution in [0.15, 0.2) is 83.8 Å². The number of nitrogens with zero attached hydrogens (tertiary/aromatic N) is 3. The number of fused-ring (bicyclic) bond motifs is 5. The van der Waals surface area contributed by atoms with E-state index in [1.54, 1.807) is 22.6 Å². The summed E-state index contributed by atoms with van der Waals surface area (Å²) < 4.78 is 1.59. The molecule has 1 atom stereocenters.